The number of aromatic nitrogens is 2. The monoisotopic (exact) mass is 436 g/mol. The van der Waals surface area contributed by atoms with Gasteiger partial charge in [-0.2, -0.15) is 4.98 Å². The third-order valence-corrected chi connectivity index (χ3v) is 6.28. The molecule has 0 atom stereocenters. The summed E-state index contributed by atoms with van der Waals surface area (Å²) in [5, 5.41) is 14.8. The lowest BCUT2D eigenvalue weighted by atomic mass is 9.80. The predicted octanol–water partition coefficient (Wildman–Crippen LogP) is 3.99. The van der Waals surface area contributed by atoms with Crippen molar-refractivity contribution in [2.24, 2.45) is 17.6 Å². The van der Waals surface area contributed by atoms with Gasteiger partial charge in [-0.25, -0.2) is 9.37 Å². The molecule has 1 saturated carbocycles. The van der Waals surface area contributed by atoms with Gasteiger partial charge in [0.25, 0.3) is 0 Å². The Bertz CT molecular complexity index is 934. The van der Waals surface area contributed by atoms with E-state index in [0.29, 0.717) is 29.6 Å². The fraction of sp³-hybridized carbons (Fsp3) is 0.500. The van der Waals surface area contributed by atoms with Gasteiger partial charge >= 0.3 is 5.69 Å². The van der Waals surface area contributed by atoms with E-state index in [1.807, 2.05) is 0 Å². The number of hydrogen-bond acceptors (Lipinski definition) is 7. The number of nitrogen functional groups attached to an aromatic ring is 1. The second-order valence-corrected chi connectivity index (χ2v) is 8.20. The number of hydrogen-bond donors (Lipinski definition) is 3. The Morgan fingerprint density at radius 1 is 1.27 bits per heavy atom. The zero-order valence-corrected chi connectivity index (χ0v) is 17.6. The third kappa shape index (κ3) is 4.96. The SMILES string of the molecule is Cc1ccc(F)c(CNc2nc(N)c([N+](=O)[O-])c(CC3CCC(CN)CC3)n2)c1Cl. The summed E-state index contributed by atoms with van der Waals surface area (Å²) in [5.41, 5.74) is 12.7. The molecule has 3 rings (SSSR count). The molecule has 1 aromatic carbocycles. The molecule has 1 aliphatic carbocycles. The van der Waals surface area contributed by atoms with Crippen LogP contribution in [0.25, 0.3) is 0 Å². The van der Waals surface area contributed by atoms with Crippen molar-refractivity contribution in [1.82, 2.24) is 9.97 Å². The van der Waals surface area contributed by atoms with E-state index in [4.69, 9.17) is 23.1 Å². The van der Waals surface area contributed by atoms with Crippen LogP contribution in [0.5, 0.6) is 0 Å². The van der Waals surface area contributed by atoms with Gasteiger partial charge < -0.3 is 16.8 Å². The Labute approximate surface area is 179 Å². The molecule has 1 fully saturated rings. The van der Waals surface area contributed by atoms with Crippen molar-refractivity contribution in [2.45, 2.75) is 45.6 Å². The average Bonchev–Trinajstić information content (AvgIpc) is 2.71. The lowest BCUT2D eigenvalue weighted by Crippen LogP contribution is -2.23. The van der Waals surface area contributed by atoms with E-state index in [0.717, 1.165) is 31.2 Å². The maximum atomic E-state index is 14.1. The van der Waals surface area contributed by atoms with Crippen LogP contribution in [0.4, 0.5) is 21.8 Å². The van der Waals surface area contributed by atoms with Crippen LogP contribution in [-0.2, 0) is 13.0 Å². The minimum atomic E-state index is -0.545. The predicted molar refractivity (Wildman–Crippen MR) is 115 cm³/mol. The largest absolute Gasteiger partial charge is 0.378 e. The lowest BCUT2D eigenvalue weighted by Gasteiger charge is -2.27. The Morgan fingerprint density at radius 2 is 1.93 bits per heavy atom. The first-order valence-corrected chi connectivity index (χ1v) is 10.4. The molecule has 1 aliphatic rings. The quantitative estimate of drug-likeness (QED) is 0.441. The molecule has 8 nitrogen and oxygen atoms in total. The van der Waals surface area contributed by atoms with Crippen molar-refractivity contribution in [1.29, 1.82) is 0 Å². The molecule has 0 unspecified atom stereocenters. The van der Waals surface area contributed by atoms with Gasteiger partial charge in [0.15, 0.2) is 0 Å². The molecule has 30 heavy (non-hydrogen) atoms. The van der Waals surface area contributed by atoms with Crippen LogP contribution in [0.3, 0.4) is 0 Å². The van der Waals surface area contributed by atoms with E-state index in [1.165, 1.54) is 6.07 Å². The number of nitro groups is 1. The van der Waals surface area contributed by atoms with Crippen LogP contribution in [0.1, 0.15) is 42.5 Å². The average molecular weight is 437 g/mol. The van der Waals surface area contributed by atoms with Crippen molar-refractivity contribution >= 4 is 29.1 Å². The lowest BCUT2D eigenvalue weighted by molar-refractivity contribution is -0.385. The summed E-state index contributed by atoms with van der Waals surface area (Å²) in [7, 11) is 0. The van der Waals surface area contributed by atoms with E-state index < -0.39 is 10.7 Å². The highest BCUT2D eigenvalue weighted by atomic mass is 35.5. The summed E-state index contributed by atoms with van der Waals surface area (Å²) in [5.74, 6) is 0.236. The molecular formula is C20H26ClFN6O2. The highest BCUT2D eigenvalue weighted by molar-refractivity contribution is 6.32. The second-order valence-electron chi connectivity index (χ2n) is 7.82. The molecular weight excluding hydrogens is 411 g/mol. The van der Waals surface area contributed by atoms with E-state index in [9.17, 15) is 14.5 Å². The summed E-state index contributed by atoms with van der Waals surface area (Å²) >= 11 is 6.20. The number of rotatable bonds is 7. The summed E-state index contributed by atoms with van der Waals surface area (Å²) in [6.45, 7) is 2.48. The fourth-order valence-electron chi connectivity index (χ4n) is 3.93. The van der Waals surface area contributed by atoms with Crippen molar-refractivity contribution in [3.8, 4) is 0 Å². The molecule has 0 bridgehead atoms. The summed E-state index contributed by atoms with van der Waals surface area (Å²) in [6.07, 6.45) is 4.33. The first-order valence-electron chi connectivity index (χ1n) is 9.98. The first-order chi connectivity index (χ1) is 14.3. The van der Waals surface area contributed by atoms with Gasteiger partial charge in [0.1, 0.15) is 11.5 Å². The minimum Gasteiger partial charge on any atom is -0.378 e. The van der Waals surface area contributed by atoms with Gasteiger partial charge in [0.2, 0.25) is 11.8 Å². The smallest absolute Gasteiger partial charge is 0.332 e. The fourth-order valence-corrected chi connectivity index (χ4v) is 4.15. The van der Waals surface area contributed by atoms with E-state index in [1.54, 1.807) is 13.0 Å². The number of benzene rings is 1. The molecule has 1 aromatic heterocycles. The maximum Gasteiger partial charge on any atom is 0.332 e. The van der Waals surface area contributed by atoms with Crippen molar-refractivity contribution in [3.05, 3.63) is 49.9 Å². The van der Waals surface area contributed by atoms with E-state index >= 15 is 0 Å². The van der Waals surface area contributed by atoms with Gasteiger partial charge in [-0.05, 0) is 69.0 Å². The highest BCUT2D eigenvalue weighted by Gasteiger charge is 2.28. The standard InChI is InChI=1S/C20H26ClFN6O2/c1-11-2-7-15(22)14(17(11)21)10-25-20-26-16(18(28(29)30)19(24)27-20)8-12-3-5-13(9-23)6-4-12/h2,7,12-13H,3-6,8-10,23H2,1H3,(H3,24,25,26,27). The topological polar surface area (TPSA) is 133 Å². The zero-order chi connectivity index (χ0) is 21.8. The molecule has 162 valence electrons. The van der Waals surface area contributed by atoms with Crippen LogP contribution >= 0.6 is 11.6 Å². The number of aryl methyl sites for hydroxylation is 1. The van der Waals surface area contributed by atoms with Gasteiger partial charge in [0.05, 0.1) is 9.95 Å². The Morgan fingerprint density at radius 3 is 2.57 bits per heavy atom. The van der Waals surface area contributed by atoms with Crippen molar-refractivity contribution in [2.75, 3.05) is 17.6 Å². The van der Waals surface area contributed by atoms with Crippen molar-refractivity contribution in [3.63, 3.8) is 0 Å². The van der Waals surface area contributed by atoms with E-state index in [-0.39, 0.29) is 35.5 Å². The molecule has 0 aliphatic heterocycles. The molecule has 2 aromatic rings. The number of nitrogens with zero attached hydrogens (tertiary/aromatic N) is 3. The Hall–Kier alpha value is -2.52. The number of nitrogens with one attached hydrogen (secondary N) is 1. The molecule has 0 radical (unpaired) electrons. The summed E-state index contributed by atoms with van der Waals surface area (Å²) in [4.78, 5) is 19.3. The first kappa shape index (κ1) is 22.2. The molecule has 0 amide bonds. The number of nitrogens with two attached hydrogens (primary N) is 2. The van der Waals surface area contributed by atoms with E-state index in [2.05, 4.69) is 15.3 Å². The van der Waals surface area contributed by atoms with Crippen LogP contribution in [0.15, 0.2) is 12.1 Å². The Kier molecular flexibility index (Phi) is 7.04. The third-order valence-electron chi connectivity index (χ3n) is 5.75. The molecule has 10 heteroatoms. The van der Waals surface area contributed by atoms with Gasteiger partial charge in [0, 0.05) is 12.1 Å². The Balaban J connectivity index is 1.81. The highest BCUT2D eigenvalue weighted by Crippen LogP contribution is 2.34. The minimum absolute atomic E-state index is 0.0324. The summed E-state index contributed by atoms with van der Waals surface area (Å²) < 4.78 is 14.1. The van der Waals surface area contributed by atoms with Crippen LogP contribution in [-0.4, -0.2) is 21.4 Å². The van der Waals surface area contributed by atoms with Gasteiger partial charge in [-0.3, -0.25) is 10.1 Å². The van der Waals surface area contributed by atoms with Crippen LogP contribution < -0.4 is 16.8 Å². The number of anilines is 2. The van der Waals surface area contributed by atoms with Crippen LogP contribution in [0.2, 0.25) is 5.02 Å². The molecule has 0 spiro atoms. The zero-order valence-electron chi connectivity index (χ0n) is 16.8. The molecule has 0 saturated heterocycles. The molecule has 5 N–H and O–H groups in total. The molecule has 1 heterocycles. The summed E-state index contributed by atoms with van der Waals surface area (Å²) in [6, 6.07) is 2.94. The van der Waals surface area contributed by atoms with Gasteiger partial charge in [-0.1, -0.05) is 17.7 Å². The van der Waals surface area contributed by atoms with Gasteiger partial charge in [-0.15, -0.1) is 0 Å². The maximum absolute atomic E-state index is 14.1. The second kappa shape index (κ2) is 9.53. The normalized spacial score (nSPS) is 18.9. The van der Waals surface area contributed by atoms with Crippen molar-refractivity contribution < 1.29 is 9.31 Å². The van der Waals surface area contributed by atoms with Crippen LogP contribution in [0, 0.1) is 34.7 Å². The number of halogens is 2.